The van der Waals surface area contributed by atoms with E-state index < -0.39 is 5.97 Å². The summed E-state index contributed by atoms with van der Waals surface area (Å²) in [6.45, 7) is 4.48. The van der Waals surface area contributed by atoms with Crippen LogP contribution in [-0.4, -0.2) is 41.6 Å². The molecule has 1 saturated heterocycles. The normalized spacial score (nSPS) is 24.2. The molecule has 1 unspecified atom stereocenters. The summed E-state index contributed by atoms with van der Waals surface area (Å²) in [6.07, 6.45) is 6.49. The maximum atomic E-state index is 12.2. The molecule has 1 aliphatic heterocycles. The third-order valence-corrected chi connectivity index (χ3v) is 4.89. The number of carboxylic acid groups (broad SMARTS) is 1. The highest BCUT2D eigenvalue weighted by Crippen LogP contribution is 2.47. The Morgan fingerprint density at radius 2 is 2.15 bits per heavy atom. The lowest BCUT2D eigenvalue weighted by Gasteiger charge is -2.33. The summed E-state index contributed by atoms with van der Waals surface area (Å²) in [5.41, 5.74) is 0.369. The third-order valence-electron chi connectivity index (χ3n) is 4.89. The van der Waals surface area contributed by atoms with Crippen molar-refractivity contribution in [2.24, 2.45) is 11.3 Å². The van der Waals surface area contributed by atoms with Crippen LogP contribution in [-0.2, 0) is 4.79 Å². The van der Waals surface area contributed by atoms with Crippen molar-refractivity contribution in [1.29, 1.82) is 0 Å². The molecule has 1 saturated carbocycles. The Kier molecular flexibility index (Phi) is 4.89. The Hall–Kier alpha value is -1.26. The number of rotatable bonds is 6. The molecule has 0 spiro atoms. The van der Waals surface area contributed by atoms with Gasteiger partial charge >= 0.3 is 12.0 Å². The van der Waals surface area contributed by atoms with Gasteiger partial charge in [0.05, 0.1) is 0 Å². The third kappa shape index (κ3) is 4.12. The molecule has 0 aromatic heterocycles. The second-order valence-corrected chi connectivity index (χ2v) is 6.40. The summed E-state index contributed by atoms with van der Waals surface area (Å²) in [5, 5.41) is 11.8. The molecule has 2 rings (SSSR count). The number of piperidine rings is 1. The number of likely N-dealkylation sites (tertiary alicyclic amines) is 1. The van der Waals surface area contributed by atoms with Crippen LogP contribution in [0.3, 0.4) is 0 Å². The van der Waals surface area contributed by atoms with Gasteiger partial charge < -0.3 is 15.3 Å². The topological polar surface area (TPSA) is 69.6 Å². The highest BCUT2D eigenvalue weighted by molar-refractivity contribution is 5.74. The summed E-state index contributed by atoms with van der Waals surface area (Å²) >= 11 is 0. The lowest BCUT2D eigenvalue weighted by molar-refractivity contribution is -0.137. The summed E-state index contributed by atoms with van der Waals surface area (Å²) in [5.74, 6) is -0.406. The molecule has 1 heterocycles. The van der Waals surface area contributed by atoms with Gasteiger partial charge in [-0.25, -0.2) is 4.79 Å². The van der Waals surface area contributed by atoms with Gasteiger partial charge in [0.1, 0.15) is 0 Å². The average molecular weight is 282 g/mol. The van der Waals surface area contributed by atoms with E-state index >= 15 is 0 Å². The van der Waals surface area contributed by atoms with Crippen LogP contribution in [0.25, 0.3) is 0 Å². The first-order chi connectivity index (χ1) is 9.54. The molecular formula is C15H26N2O3. The number of carboxylic acids is 1. The van der Waals surface area contributed by atoms with Crippen molar-refractivity contribution in [2.45, 2.75) is 51.9 Å². The minimum atomic E-state index is -0.745. The van der Waals surface area contributed by atoms with Crippen molar-refractivity contribution in [3.8, 4) is 0 Å². The van der Waals surface area contributed by atoms with Crippen molar-refractivity contribution in [2.75, 3.05) is 19.6 Å². The van der Waals surface area contributed by atoms with E-state index in [4.69, 9.17) is 5.11 Å². The number of urea groups is 1. The SMILES string of the molecule is CCC1(CNC(=O)N2CCCC(CCC(=O)O)C2)CC1. The number of carbonyl (C=O) groups is 2. The number of nitrogens with zero attached hydrogens (tertiary/aromatic N) is 1. The molecule has 1 atom stereocenters. The van der Waals surface area contributed by atoms with Crippen LogP contribution in [0.2, 0.25) is 0 Å². The van der Waals surface area contributed by atoms with E-state index in [2.05, 4.69) is 12.2 Å². The second-order valence-electron chi connectivity index (χ2n) is 6.40. The number of hydrogen-bond acceptors (Lipinski definition) is 2. The Labute approximate surface area is 120 Å². The fourth-order valence-electron chi connectivity index (χ4n) is 3.02. The first kappa shape index (κ1) is 15.1. The molecule has 20 heavy (non-hydrogen) atoms. The van der Waals surface area contributed by atoms with E-state index in [1.807, 2.05) is 4.90 Å². The molecule has 5 heteroatoms. The molecule has 2 N–H and O–H groups in total. The van der Waals surface area contributed by atoms with E-state index in [1.165, 1.54) is 12.8 Å². The summed E-state index contributed by atoms with van der Waals surface area (Å²) in [4.78, 5) is 24.7. The Morgan fingerprint density at radius 3 is 2.75 bits per heavy atom. The zero-order valence-electron chi connectivity index (χ0n) is 12.4. The van der Waals surface area contributed by atoms with Crippen LogP contribution in [0.15, 0.2) is 0 Å². The second kappa shape index (κ2) is 6.46. The maximum Gasteiger partial charge on any atom is 0.317 e. The smallest absolute Gasteiger partial charge is 0.317 e. The molecule has 2 amide bonds. The van der Waals surface area contributed by atoms with E-state index in [0.717, 1.165) is 32.4 Å². The van der Waals surface area contributed by atoms with Gasteiger partial charge in [-0.2, -0.15) is 0 Å². The monoisotopic (exact) mass is 282 g/mol. The van der Waals surface area contributed by atoms with E-state index in [0.29, 0.717) is 24.3 Å². The van der Waals surface area contributed by atoms with Gasteiger partial charge in [0.2, 0.25) is 0 Å². The molecule has 2 fully saturated rings. The van der Waals surface area contributed by atoms with E-state index in [9.17, 15) is 9.59 Å². The average Bonchev–Trinajstić information content (AvgIpc) is 3.23. The number of nitrogens with one attached hydrogen (secondary N) is 1. The molecule has 0 bridgehead atoms. The zero-order valence-corrected chi connectivity index (χ0v) is 12.4. The van der Waals surface area contributed by atoms with Gasteiger partial charge in [-0.15, -0.1) is 0 Å². The molecule has 2 aliphatic rings. The fourth-order valence-corrected chi connectivity index (χ4v) is 3.02. The first-order valence-electron chi connectivity index (χ1n) is 7.79. The molecule has 0 aromatic rings. The highest BCUT2D eigenvalue weighted by atomic mass is 16.4. The Bertz CT molecular complexity index is 366. The predicted molar refractivity (Wildman–Crippen MR) is 76.5 cm³/mol. The standard InChI is InChI=1S/C15H26N2O3/c1-2-15(7-8-15)11-16-14(20)17-9-3-4-12(10-17)5-6-13(18)19/h12H,2-11H2,1H3,(H,16,20)(H,18,19). The summed E-state index contributed by atoms with van der Waals surface area (Å²) < 4.78 is 0. The Balaban J connectivity index is 1.73. The number of aliphatic carboxylic acids is 1. The Morgan fingerprint density at radius 1 is 1.40 bits per heavy atom. The van der Waals surface area contributed by atoms with Crippen molar-refractivity contribution in [3.05, 3.63) is 0 Å². The molecule has 0 aromatic carbocycles. The van der Waals surface area contributed by atoms with E-state index in [-0.39, 0.29) is 12.5 Å². The predicted octanol–water partition coefficient (Wildman–Crippen LogP) is 2.46. The van der Waals surface area contributed by atoms with Gasteiger partial charge in [0.15, 0.2) is 0 Å². The van der Waals surface area contributed by atoms with Crippen LogP contribution in [0.5, 0.6) is 0 Å². The number of amides is 2. The number of carbonyl (C=O) groups excluding carboxylic acids is 1. The highest BCUT2D eigenvalue weighted by Gasteiger charge is 2.41. The number of hydrogen-bond donors (Lipinski definition) is 2. The zero-order chi connectivity index (χ0) is 14.6. The van der Waals surface area contributed by atoms with Gasteiger partial charge in [-0.3, -0.25) is 4.79 Å². The summed E-state index contributed by atoms with van der Waals surface area (Å²) in [6, 6.07) is 0.0322. The van der Waals surface area contributed by atoms with Gasteiger partial charge in [-0.05, 0) is 49.9 Å². The lowest BCUT2D eigenvalue weighted by atomic mass is 9.93. The minimum absolute atomic E-state index is 0.0322. The van der Waals surface area contributed by atoms with E-state index in [1.54, 1.807) is 0 Å². The fraction of sp³-hybridized carbons (Fsp3) is 0.867. The minimum Gasteiger partial charge on any atom is -0.481 e. The van der Waals surface area contributed by atoms with Crippen molar-refractivity contribution < 1.29 is 14.7 Å². The van der Waals surface area contributed by atoms with Crippen molar-refractivity contribution in [3.63, 3.8) is 0 Å². The van der Waals surface area contributed by atoms with Crippen LogP contribution < -0.4 is 5.32 Å². The molecule has 5 nitrogen and oxygen atoms in total. The maximum absolute atomic E-state index is 12.2. The molecular weight excluding hydrogens is 256 g/mol. The molecule has 0 radical (unpaired) electrons. The van der Waals surface area contributed by atoms with Crippen LogP contribution in [0.4, 0.5) is 4.79 Å². The largest absolute Gasteiger partial charge is 0.481 e. The first-order valence-corrected chi connectivity index (χ1v) is 7.79. The quantitative estimate of drug-likeness (QED) is 0.786. The van der Waals surface area contributed by atoms with Crippen molar-refractivity contribution in [1.82, 2.24) is 10.2 Å². The van der Waals surface area contributed by atoms with Crippen LogP contribution >= 0.6 is 0 Å². The van der Waals surface area contributed by atoms with Crippen molar-refractivity contribution >= 4 is 12.0 Å². The lowest BCUT2D eigenvalue weighted by Crippen LogP contribution is -2.46. The van der Waals surface area contributed by atoms with Gasteiger partial charge in [-0.1, -0.05) is 6.92 Å². The van der Waals surface area contributed by atoms with Crippen LogP contribution in [0.1, 0.15) is 51.9 Å². The molecule has 114 valence electrons. The van der Waals surface area contributed by atoms with Crippen LogP contribution in [0, 0.1) is 11.3 Å². The molecule has 1 aliphatic carbocycles. The van der Waals surface area contributed by atoms with Gasteiger partial charge in [0.25, 0.3) is 0 Å². The van der Waals surface area contributed by atoms with Gasteiger partial charge in [0, 0.05) is 26.1 Å². The summed E-state index contributed by atoms with van der Waals surface area (Å²) in [7, 11) is 0.